The summed E-state index contributed by atoms with van der Waals surface area (Å²) in [5.41, 5.74) is 1.08. The van der Waals surface area contributed by atoms with Crippen molar-refractivity contribution in [3.05, 3.63) is 29.8 Å². The molecular weight excluding hydrogens is 280 g/mol. The highest BCUT2D eigenvalue weighted by Gasteiger charge is 2.42. The average molecular weight is 306 g/mol. The number of aryl methyl sites for hydroxylation is 1. The summed E-state index contributed by atoms with van der Waals surface area (Å²) < 4.78 is 5.89. The van der Waals surface area contributed by atoms with E-state index in [9.17, 15) is 9.90 Å². The summed E-state index contributed by atoms with van der Waals surface area (Å²) in [7, 11) is 0. The number of nitrogens with one attached hydrogen (secondary N) is 2. The van der Waals surface area contributed by atoms with E-state index in [1.54, 1.807) is 0 Å². The first-order valence-corrected chi connectivity index (χ1v) is 7.93. The quantitative estimate of drug-likeness (QED) is 0.690. The highest BCUT2D eigenvalue weighted by Crippen LogP contribution is 2.44. The van der Waals surface area contributed by atoms with E-state index in [0.29, 0.717) is 13.1 Å². The fourth-order valence-electron chi connectivity index (χ4n) is 2.25. The molecule has 0 radical (unpaired) electrons. The number of urea groups is 1. The highest BCUT2D eigenvalue weighted by atomic mass is 16.5. The molecule has 2 rings (SSSR count). The molecule has 0 spiro atoms. The van der Waals surface area contributed by atoms with Crippen LogP contribution in [0.2, 0.25) is 0 Å². The third kappa shape index (κ3) is 4.91. The van der Waals surface area contributed by atoms with Gasteiger partial charge in [0, 0.05) is 12.0 Å². The van der Waals surface area contributed by atoms with Crippen LogP contribution in [0.25, 0.3) is 0 Å². The Labute approximate surface area is 132 Å². The summed E-state index contributed by atoms with van der Waals surface area (Å²) in [4.78, 5) is 11.8. The molecule has 0 saturated heterocycles. The highest BCUT2D eigenvalue weighted by molar-refractivity contribution is 5.73. The van der Waals surface area contributed by atoms with Crippen molar-refractivity contribution in [2.75, 3.05) is 19.7 Å². The van der Waals surface area contributed by atoms with Gasteiger partial charge in [-0.05, 0) is 43.9 Å². The summed E-state index contributed by atoms with van der Waals surface area (Å²) in [6.07, 6.45) is 2.73. The van der Waals surface area contributed by atoms with Crippen molar-refractivity contribution in [3.8, 4) is 5.75 Å². The van der Waals surface area contributed by atoms with Crippen LogP contribution in [0, 0.1) is 12.3 Å². The smallest absolute Gasteiger partial charge is 0.314 e. The first-order valence-electron chi connectivity index (χ1n) is 7.93. The second-order valence-corrected chi connectivity index (χ2v) is 6.19. The lowest BCUT2D eigenvalue weighted by Crippen LogP contribution is -2.43. The van der Waals surface area contributed by atoms with Crippen LogP contribution in [0.15, 0.2) is 24.3 Å². The molecule has 122 valence electrons. The zero-order chi connectivity index (χ0) is 16.0. The molecule has 1 atom stereocenters. The van der Waals surface area contributed by atoms with Crippen LogP contribution >= 0.6 is 0 Å². The molecule has 1 aromatic carbocycles. The zero-order valence-electron chi connectivity index (χ0n) is 13.4. The standard InChI is InChI=1S/C17H26N2O3/c1-3-14(22-15-6-4-5-13(2)9-15)10-18-16(21)19-11-17(12-20)7-8-17/h4-6,9,14,20H,3,7-8,10-12H2,1-2H3,(H2,18,19,21). The molecule has 1 unspecified atom stereocenters. The van der Waals surface area contributed by atoms with Crippen LogP contribution in [0.3, 0.4) is 0 Å². The molecule has 2 amide bonds. The van der Waals surface area contributed by atoms with Crippen molar-refractivity contribution < 1.29 is 14.6 Å². The number of amides is 2. The van der Waals surface area contributed by atoms with Gasteiger partial charge in [-0.25, -0.2) is 4.79 Å². The lowest BCUT2D eigenvalue weighted by molar-refractivity contribution is 0.185. The predicted molar refractivity (Wildman–Crippen MR) is 86.0 cm³/mol. The molecule has 0 aliphatic heterocycles. The Kier molecular flexibility index (Phi) is 5.66. The van der Waals surface area contributed by atoms with Gasteiger partial charge in [0.05, 0.1) is 13.2 Å². The van der Waals surface area contributed by atoms with E-state index in [2.05, 4.69) is 10.6 Å². The number of ether oxygens (including phenoxy) is 1. The SMILES string of the molecule is CCC(CNC(=O)NCC1(CO)CC1)Oc1cccc(C)c1. The van der Waals surface area contributed by atoms with Gasteiger partial charge in [0.25, 0.3) is 0 Å². The number of rotatable bonds is 8. The Morgan fingerprint density at radius 3 is 2.77 bits per heavy atom. The van der Waals surface area contributed by atoms with E-state index in [-0.39, 0.29) is 24.2 Å². The van der Waals surface area contributed by atoms with Crippen LogP contribution in [0.1, 0.15) is 31.7 Å². The first kappa shape index (κ1) is 16.6. The van der Waals surface area contributed by atoms with Crippen molar-refractivity contribution in [1.82, 2.24) is 10.6 Å². The van der Waals surface area contributed by atoms with E-state index in [4.69, 9.17) is 4.74 Å². The van der Waals surface area contributed by atoms with Crippen LogP contribution in [0.5, 0.6) is 5.75 Å². The Morgan fingerprint density at radius 1 is 1.41 bits per heavy atom. The van der Waals surface area contributed by atoms with Gasteiger partial charge in [0.1, 0.15) is 11.9 Å². The number of aliphatic hydroxyl groups is 1. The van der Waals surface area contributed by atoms with Gasteiger partial charge >= 0.3 is 6.03 Å². The van der Waals surface area contributed by atoms with Gasteiger partial charge in [-0.1, -0.05) is 19.1 Å². The van der Waals surface area contributed by atoms with Crippen molar-refractivity contribution >= 4 is 6.03 Å². The van der Waals surface area contributed by atoms with Crippen molar-refractivity contribution in [2.24, 2.45) is 5.41 Å². The van der Waals surface area contributed by atoms with Crippen LogP contribution in [-0.4, -0.2) is 36.9 Å². The Balaban J connectivity index is 1.72. The Morgan fingerprint density at radius 2 is 2.18 bits per heavy atom. The fourth-order valence-corrected chi connectivity index (χ4v) is 2.25. The lowest BCUT2D eigenvalue weighted by atomic mass is 10.1. The summed E-state index contributed by atoms with van der Waals surface area (Å²) in [5.74, 6) is 0.825. The molecule has 5 nitrogen and oxygen atoms in total. The summed E-state index contributed by atoms with van der Waals surface area (Å²) in [5, 5.41) is 14.9. The Hall–Kier alpha value is -1.75. The number of carbonyl (C=O) groups excluding carboxylic acids is 1. The monoisotopic (exact) mass is 306 g/mol. The number of hydrogen-bond acceptors (Lipinski definition) is 3. The topological polar surface area (TPSA) is 70.6 Å². The largest absolute Gasteiger partial charge is 0.489 e. The number of benzene rings is 1. The second-order valence-electron chi connectivity index (χ2n) is 6.19. The molecule has 0 aromatic heterocycles. The zero-order valence-corrected chi connectivity index (χ0v) is 13.4. The molecule has 0 heterocycles. The lowest BCUT2D eigenvalue weighted by Gasteiger charge is -2.19. The molecule has 1 fully saturated rings. The van der Waals surface area contributed by atoms with E-state index in [1.807, 2.05) is 38.1 Å². The van der Waals surface area contributed by atoms with Gasteiger partial charge in [0.2, 0.25) is 0 Å². The van der Waals surface area contributed by atoms with Gasteiger partial charge in [-0.2, -0.15) is 0 Å². The third-order valence-corrected chi connectivity index (χ3v) is 4.15. The van der Waals surface area contributed by atoms with Crippen molar-refractivity contribution in [3.63, 3.8) is 0 Å². The summed E-state index contributed by atoms with van der Waals surface area (Å²) >= 11 is 0. The minimum absolute atomic E-state index is 0.0553. The maximum absolute atomic E-state index is 11.8. The molecule has 3 N–H and O–H groups in total. The van der Waals surface area contributed by atoms with E-state index >= 15 is 0 Å². The predicted octanol–water partition coefficient (Wildman–Crippen LogP) is 2.22. The fraction of sp³-hybridized carbons (Fsp3) is 0.588. The Bertz CT molecular complexity index is 500. The van der Waals surface area contributed by atoms with Gasteiger partial charge in [-0.3, -0.25) is 0 Å². The average Bonchev–Trinajstić information content (AvgIpc) is 3.30. The minimum Gasteiger partial charge on any atom is -0.489 e. The maximum Gasteiger partial charge on any atom is 0.314 e. The third-order valence-electron chi connectivity index (χ3n) is 4.15. The molecule has 1 aliphatic rings. The summed E-state index contributed by atoms with van der Waals surface area (Å²) in [6.45, 7) is 5.19. The van der Waals surface area contributed by atoms with E-state index in [0.717, 1.165) is 30.6 Å². The van der Waals surface area contributed by atoms with E-state index < -0.39 is 0 Å². The molecule has 5 heteroatoms. The van der Waals surface area contributed by atoms with Crippen LogP contribution in [-0.2, 0) is 0 Å². The van der Waals surface area contributed by atoms with Gasteiger partial charge in [0.15, 0.2) is 0 Å². The van der Waals surface area contributed by atoms with Crippen molar-refractivity contribution in [2.45, 2.75) is 39.2 Å². The molecule has 0 bridgehead atoms. The van der Waals surface area contributed by atoms with Crippen LogP contribution < -0.4 is 15.4 Å². The first-order chi connectivity index (χ1) is 10.6. The normalized spacial score (nSPS) is 16.7. The molecular formula is C17H26N2O3. The van der Waals surface area contributed by atoms with Crippen molar-refractivity contribution in [1.29, 1.82) is 0 Å². The molecule has 1 saturated carbocycles. The molecule has 1 aliphatic carbocycles. The number of hydrogen-bond donors (Lipinski definition) is 3. The summed E-state index contributed by atoms with van der Waals surface area (Å²) in [6, 6.07) is 7.69. The molecule has 1 aromatic rings. The van der Waals surface area contributed by atoms with Crippen LogP contribution in [0.4, 0.5) is 4.79 Å². The van der Waals surface area contributed by atoms with Gasteiger partial charge in [-0.15, -0.1) is 0 Å². The molecule has 22 heavy (non-hydrogen) atoms. The van der Waals surface area contributed by atoms with Gasteiger partial charge < -0.3 is 20.5 Å². The minimum atomic E-state index is -0.203. The number of aliphatic hydroxyl groups excluding tert-OH is 1. The van der Waals surface area contributed by atoms with E-state index in [1.165, 1.54) is 0 Å². The second kappa shape index (κ2) is 7.49. The maximum atomic E-state index is 11.8. The number of carbonyl (C=O) groups is 1.